The van der Waals surface area contributed by atoms with Crippen LogP contribution in [0.5, 0.6) is 0 Å². The van der Waals surface area contributed by atoms with Gasteiger partial charge >= 0.3 is 0 Å². The first kappa shape index (κ1) is 12.6. The van der Waals surface area contributed by atoms with Crippen molar-refractivity contribution in [3.63, 3.8) is 0 Å². The van der Waals surface area contributed by atoms with Crippen LogP contribution in [0.3, 0.4) is 0 Å². The van der Waals surface area contributed by atoms with Gasteiger partial charge in [0.1, 0.15) is 0 Å². The number of hydrogen-bond acceptors (Lipinski definition) is 2. The smallest absolute Gasteiger partial charge is 0.0684 e. The van der Waals surface area contributed by atoms with E-state index < -0.39 is 0 Å². The zero-order chi connectivity index (χ0) is 12.2. The molecule has 0 fully saturated rings. The Morgan fingerprint density at radius 3 is 2.31 bits per heavy atom. The monoisotopic (exact) mass is 216 g/mol. The second-order valence-corrected chi connectivity index (χ2v) is 4.94. The Hall–Kier alpha value is -1.49. The van der Waals surface area contributed by atoms with Crippen LogP contribution in [0.1, 0.15) is 31.4 Å². The summed E-state index contributed by atoms with van der Waals surface area (Å²) in [5.41, 5.74) is 3.48. The van der Waals surface area contributed by atoms with Gasteiger partial charge in [0.25, 0.3) is 0 Å². The number of benzene rings is 1. The van der Waals surface area contributed by atoms with Crippen molar-refractivity contribution in [1.29, 1.82) is 5.26 Å². The van der Waals surface area contributed by atoms with E-state index in [-0.39, 0.29) is 5.41 Å². The molecule has 0 spiro atoms. The molecule has 2 nitrogen and oxygen atoms in total. The number of hydrogen-bond donors (Lipinski definition) is 1. The molecule has 1 N–H and O–H groups in total. The summed E-state index contributed by atoms with van der Waals surface area (Å²) >= 11 is 0. The number of nitriles is 1. The van der Waals surface area contributed by atoms with Gasteiger partial charge in [0, 0.05) is 12.2 Å². The van der Waals surface area contributed by atoms with E-state index in [2.05, 4.69) is 43.4 Å². The molecule has 1 rings (SSSR count). The van der Waals surface area contributed by atoms with E-state index in [1.807, 2.05) is 13.8 Å². The fourth-order valence-corrected chi connectivity index (χ4v) is 1.65. The molecule has 0 aliphatic heterocycles. The van der Waals surface area contributed by atoms with E-state index in [4.69, 9.17) is 5.26 Å². The Morgan fingerprint density at radius 2 is 1.81 bits per heavy atom. The SMILES string of the molecule is Cc1cccc(C)c1NCCC(C)(C)C#N. The third-order valence-electron chi connectivity index (χ3n) is 2.84. The van der Waals surface area contributed by atoms with Crippen LogP contribution in [0, 0.1) is 30.6 Å². The number of nitrogens with one attached hydrogen (secondary N) is 1. The van der Waals surface area contributed by atoms with Crippen molar-refractivity contribution in [3.05, 3.63) is 29.3 Å². The van der Waals surface area contributed by atoms with Gasteiger partial charge in [-0.2, -0.15) is 5.26 Å². The van der Waals surface area contributed by atoms with Crippen LogP contribution in [-0.4, -0.2) is 6.54 Å². The average Bonchev–Trinajstić information content (AvgIpc) is 2.22. The molecule has 2 heteroatoms. The Bertz CT molecular complexity index is 379. The zero-order valence-corrected chi connectivity index (χ0v) is 10.6. The molecule has 0 atom stereocenters. The highest BCUT2D eigenvalue weighted by Gasteiger charge is 2.15. The quantitative estimate of drug-likeness (QED) is 0.833. The second-order valence-electron chi connectivity index (χ2n) is 4.94. The highest BCUT2D eigenvalue weighted by Crippen LogP contribution is 2.22. The topological polar surface area (TPSA) is 35.8 Å². The molecule has 0 aliphatic carbocycles. The summed E-state index contributed by atoms with van der Waals surface area (Å²) in [7, 11) is 0. The van der Waals surface area contributed by atoms with Gasteiger partial charge in [-0.1, -0.05) is 18.2 Å². The van der Waals surface area contributed by atoms with Gasteiger partial charge in [0.05, 0.1) is 11.5 Å². The minimum Gasteiger partial charge on any atom is -0.385 e. The molecule has 0 bridgehead atoms. The summed E-state index contributed by atoms with van der Waals surface area (Å²) in [5.74, 6) is 0. The summed E-state index contributed by atoms with van der Waals surface area (Å²) in [5, 5.41) is 12.3. The lowest BCUT2D eigenvalue weighted by Crippen LogP contribution is -2.15. The number of anilines is 1. The Morgan fingerprint density at radius 1 is 1.25 bits per heavy atom. The van der Waals surface area contributed by atoms with Gasteiger partial charge in [-0.15, -0.1) is 0 Å². The molecular formula is C14H20N2. The minimum atomic E-state index is -0.246. The van der Waals surface area contributed by atoms with E-state index in [0.717, 1.165) is 13.0 Å². The summed E-state index contributed by atoms with van der Waals surface area (Å²) in [6.45, 7) is 8.99. The Balaban J connectivity index is 2.60. The van der Waals surface area contributed by atoms with Crippen LogP contribution in [0.25, 0.3) is 0 Å². The third-order valence-corrected chi connectivity index (χ3v) is 2.84. The molecule has 0 aromatic heterocycles. The number of para-hydroxylation sites is 1. The number of nitrogens with zero attached hydrogens (tertiary/aromatic N) is 1. The van der Waals surface area contributed by atoms with E-state index in [0.29, 0.717) is 0 Å². The van der Waals surface area contributed by atoms with Crippen LogP contribution in [0.15, 0.2) is 18.2 Å². The summed E-state index contributed by atoms with van der Waals surface area (Å²) in [6, 6.07) is 8.59. The van der Waals surface area contributed by atoms with Crippen molar-refractivity contribution < 1.29 is 0 Å². The standard InChI is InChI=1S/C14H20N2/c1-11-6-5-7-12(2)13(11)16-9-8-14(3,4)10-15/h5-7,16H,8-9H2,1-4H3. The lowest BCUT2D eigenvalue weighted by atomic mass is 9.91. The number of rotatable bonds is 4. The van der Waals surface area contributed by atoms with E-state index >= 15 is 0 Å². The van der Waals surface area contributed by atoms with Crippen LogP contribution in [-0.2, 0) is 0 Å². The highest BCUT2D eigenvalue weighted by molar-refractivity contribution is 5.56. The van der Waals surface area contributed by atoms with E-state index in [1.54, 1.807) is 0 Å². The molecule has 0 radical (unpaired) electrons. The molecule has 0 unspecified atom stereocenters. The normalized spacial score (nSPS) is 10.9. The van der Waals surface area contributed by atoms with Crippen LogP contribution in [0.4, 0.5) is 5.69 Å². The van der Waals surface area contributed by atoms with Crippen molar-refractivity contribution in [2.75, 3.05) is 11.9 Å². The van der Waals surface area contributed by atoms with Gasteiger partial charge in [0.2, 0.25) is 0 Å². The average molecular weight is 216 g/mol. The van der Waals surface area contributed by atoms with Gasteiger partial charge in [-0.3, -0.25) is 0 Å². The van der Waals surface area contributed by atoms with Gasteiger partial charge < -0.3 is 5.32 Å². The predicted octanol–water partition coefficient (Wildman–Crippen LogP) is 3.66. The molecule has 0 aliphatic rings. The molecular weight excluding hydrogens is 196 g/mol. The second kappa shape index (κ2) is 5.03. The van der Waals surface area contributed by atoms with Crippen molar-refractivity contribution in [1.82, 2.24) is 0 Å². The fourth-order valence-electron chi connectivity index (χ4n) is 1.65. The summed E-state index contributed by atoms with van der Waals surface area (Å²) < 4.78 is 0. The summed E-state index contributed by atoms with van der Waals surface area (Å²) in [4.78, 5) is 0. The molecule has 1 aromatic rings. The largest absolute Gasteiger partial charge is 0.385 e. The maximum atomic E-state index is 8.92. The maximum Gasteiger partial charge on any atom is 0.0684 e. The maximum absolute atomic E-state index is 8.92. The fraction of sp³-hybridized carbons (Fsp3) is 0.500. The first-order valence-corrected chi connectivity index (χ1v) is 5.67. The molecule has 0 amide bonds. The Labute approximate surface area is 98.3 Å². The zero-order valence-electron chi connectivity index (χ0n) is 10.6. The van der Waals surface area contributed by atoms with Crippen LogP contribution in [0.2, 0.25) is 0 Å². The van der Waals surface area contributed by atoms with E-state index in [1.165, 1.54) is 16.8 Å². The van der Waals surface area contributed by atoms with Gasteiger partial charge in [0.15, 0.2) is 0 Å². The lowest BCUT2D eigenvalue weighted by Gasteiger charge is -2.17. The molecule has 86 valence electrons. The van der Waals surface area contributed by atoms with Crippen molar-refractivity contribution in [2.45, 2.75) is 34.1 Å². The number of aryl methyl sites for hydroxylation is 2. The van der Waals surface area contributed by atoms with Crippen molar-refractivity contribution in [3.8, 4) is 6.07 Å². The Kier molecular flexibility index (Phi) is 3.95. The van der Waals surface area contributed by atoms with Gasteiger partial charge in [-0.25, -0.2) is 0 Å². The highest BCUT2D eigenvalue weighted by atomic mass is 14.9. The van der Waals surface area contributed by atoms with Crippen LogP contribution < -0.4 is 5.32 Å². The van der Waals surface area contributed by atoms with Crippen LogP contribution >= 0.6 is 0 Å². The third kappa shape index (κ3) is 3.27. The van der Waals surface area contributed by atoms with Gasteiger partial charge in [-0.05, 0) is 45.2 Å². The van der Waals surface area contributed by atoms with Crippen molar-refractivity contribution in [2.24, 2.45) is 5.41 Å². The molecule has 0 heterocycles. The lowest BCUT2D eigenvalue weighted by molar-refractivity contribution is 0.466. The van der Waals surface area contributed by atoms with Crippen molar-refractivity contribution >= 4 is 5.69 Å². The van der Waals surface area contributed by atoms with E-state index in [9.17, 15) is 0 Å². The predicted molar refractivity (Wildman–Crippen MR) is 68.4 cm³/mol. The molecule has 16 heavy (non-hydrogen) atoms. The molecule has 1 aromatic carbocycles. The first-order valence-electron chi connectivity index (χ1n) is 5.67. The molecule has 0 saturated carbocycles. The summed E-state index contributed by atoms with van der Waals surface area (Å²) in [6.07, 6.45) is 0.858. The first-order chi connectivity index (χ1) is 7.46. The molecule has 0 saturated heterocycles. The minimum absolute atomic E-state index is 0.246.